The normalized spacial score (nSPS) is 17.8. The molecule has 1 N–H and O–H groups in total. The number of aromatic nitrogens is 4. The second-order valence-corrected chi connectivity index (χ2v) is 11.5. The SMILES string of the molecule is CO/N=C1/C(=O)N(CCn2cc(CN3CCN(c4cc5c(cc4F)c(=O)c(C(=O)O)cn5C4CC4)CC3)nn2)c2ccccc21. The van der Waals surface area contributed by atoms with Crippen molar-refractivity contribution in [1.82, 2.24) is 24.5 Å². The van der Waals surface area contributed by atoms with Crippen LogP contribution in [-0.2, 0) is 22.7 Å². The second kappa shape index (κ2) is 11.4. The van der Waals surface area contributed by atoms with Gasteiger partial charge in [-0.25, -0.2) is 9.18 Å². The maximum Gasteiger partial charge on any atom is 0.341 e. The first-order valence-electron chi connectivity index (χ1n) is 14.8. The Labute approximate surface area is 256 Å². The van der Waals surface area contributed by atoms with E-state index in [1.807, 2.05) is 39.9 Å². The van der Waals surface area contributed by atoms with Crippen molar-refractivity contribution in [3.63, 3.8) is 0 Å². The highest BCUT2D eigenvalue weighted by atomic mass is 19.1. The number of para-hydroxylation sites is 1. The Morgan fingerprint density at radius 2 is 1.84 bits per heavy atom. The summed E-state index contributed by atoms with van der Waals surface area (Å²) in [7, 11) is 1.41. The highest BCUT2D eigenvalue weighted by Crippen LogP contribution is 2.38. The van der Waals surface area contributed by atoms with E-state index < -0.39 is 17.2 Å². The molecule has 2 aromatic heterocycles. The number of benzene rings is 2. The average molecular weight is 615 g/mol. The molecular formula is C31H31FN8O5. The van der Waals surface area contributed by atoms with E-state index >= 15 is 4.39 Å². The number of aromatic carboxylic acids is 1. The van der Waals surface area contributed by atoms with E-state index in [2.05, 4.69) is 20.4 Å². The lowest BCUT2D eigenvalue weighted by molar-refractivity contribution is -0.112. The lowest BCUT2D eigenvalue weighted by Gasteiger charge is -2.36. The third kappa shape index (κ3) is 5.30. The van der Waals surface area contributed by atoms with E-state index in [1.54, 1.807) is 15.6 Å². The van der Waals surface area contributed by atoms with Crippen LogP contribution in [0, 0.1) is 5.82 Å². The van der Waals surface area contributed by atoms with Gasteiger partial charge in [0.2, 0.25) is 5.43 Å². The Morgan fingerprint density at radius 3 is 2.58 bits per heavy atom. The van der Waals surface area contributed by atoms with E-state index in [-0.39, 0.29) is 28.6 Å². The number of hydrogen-bond donors (Lipinski definition) is 1. The molecule has 0 atom stereocenters. The highest BCUT2D eigenvalue weighted by Gasteiger charge is 2.34. The van der Waals surface area contributed by atoms with E-state index in [1.165, 1.54) is 19.4 Å². The molecule has 1 saturated carbocycles. The fourth-order valence-corrected chi connectivity index (χ4v) is 6.17. The summed E-state index contributed by atoms with van der Waals surface area (Å²) in [5.74, 6) is -2.07. The fraction of sp³-hybridized carbons (Fsp3) is 0.355. The monoisotopic (exact) mass is 614 g/mol. The first-order valence-corrected chi connectivity index (χ1v) is 14.8. The minimum absolute atomic E-state index is 0.0895. The van der Waals surface area contributed by atoms with Crippen LogP contribution in [0.15, 0.2) is 58.7 Å². The molecule has 2 aromatic carbocycles. The van der Waals surface area contributed by atoms with E-state index in [0.29, 0.717) is 57.0 Å². The number of rotatable bonds is 9. The van der Waals surface area contributed by atoms with Gasteiger partial charge in [0.25, 0.3) is 5.91 Å². The van der Waals surface area contributed by atoms with Crippen LogP contribution in [-0.4, -0.2) is 87.0 Å². The lowest BCUT2D eigenvalue weighted by Crippen LogP contribution is -2.46. The molecule has 0 radical (unpaired) electrons. The van der Waals surface area contributed by atoms with Crippen LogP contribution < -0.4 is 15.2 Å². The maximum atomic E-state index is 15.4. The number of carboxylic acid groups (broad SMARTS) is 1. The molecule has 0 unspecified atom stereocenters. The summed E-state index contributed by atoms with van der Waals surface area (Å²) in [5, 5.41) is 22.1. The number of oxime groups is 1. The number of halogens is 1. The van der Waals surface area contributed by atoms with Crippen LogP contribution in [0.4, 0.5) is 15.8 Å². The second-order valence-electron chi connectivity index (χ2n) is 11.5. The lowest BCUT2D eigenvalue weighted by atomic mass is 10.1. The van der Waals surface area contributed by atoms with E-state index in [9.17, 15) is 19.5 Å². The van der Waals surface area contributed by atoms with Gasteiger partial charge in [-0.1, -0.05) is 28.6 Å². The number of carbonyl (C=O) groups is 2. The summed E-state index contributed by atoms with van der Waals surface area (Å²) in [6.07, 6.45) is 5.05. The summed E-state index contributed by atoms with van der Waals surface area (Å²) in [4.78, 5) is 48.1. The van der Waals surface area contributed by atoms with Crippen molar-refractivity contribution in [3.05, 3.63) is 81.7 Å². The number of piperazine rings is 1. The summed E-state index contributed by atoms with van der Waals surface area (Å²) < 4.78 is 18.9. The van der Waals surface area contributed by atoms with Crippen molar-refractivity contribution in [2.45, 2.75) is 32.0 Å². The highest BCUT2D eigenvalue weighted by molar-refractivity contribution is 6.54. The van der Waals surface area contributed by atoms with Crippen LogP contribution in [0.25, 0.3) is 10.9 Å². The van der Waals surface area contributed by atoms with Gasteiger partial charge in [0.1, 0.15) is 18.5 Å². The van der Waals surface area contributed by atoms with Crippen LogP contribution in [0.1, 0.15) is 40.5 Å². The van der Waals surface area contributed by atoms with Gasteiger partial charge in [0.15, 0.2) is 5.71 Å². The molecule has 4 aromatic rings. The summed E-state index contributed by atoms with van der Waals surface area (Å²) >= 11 is 0. The number of hydrogen-bond acceptors (Lipinski definition) is 9. The van der Waals surface area contributed by atoms with Gasteiger partial charge in [-0.2, -0.15) is 0 Å². The minimum atomic E-state index is -1.31. The van der Waals surface area contributed by atoms with Crippen molar-refractivity contribution in [2.24, 2.45) is 5.16 Å². The number of pyridine rings is 1. The Morgan fingerprint density at radius 1 is 1.07 bits per heavy atom. The van der Waals surface area contributed by atoms with Crippen LogP contribution in [0.2, 0.25) is 0 Å². The fourth-order valence-electron chi connectivity index (χ4n) is 6.17. The van der Waals surface area contributed by atoms with Crippen LogP contribution >= 0.6 is 0 Å². The van der Waals surface area contributed by atoms with Crippen molar-refractivity contribution in [2.75, 3.05) is 49.6 Å². The number of nitrogens with zero attached hydrogens (tertiary/aromatic N) is 8. The van der Waals surface area contributed by atoms with Crippen molar-refractivity contribution in [3.8, 4) is 0 Å². The predicted molar refractivity (Wildman–Crippen MR) is 163 cm³/mol. The van der Waals surface area contributed by atoms with Gasteiger partial charge in [-0.3, -0.25) is 19.2 Å². The molecule has 4 heterocycles. The summed E-state index contributed by atoms with van der Waals surface area (Å²) in [6, 6.07) is 10.4. The minimum Gasteiger partial charge on any atom is -0.477 e. The van der Waals surface area contributed by atoms with Crippen LogP contribution in [0.3, 0.4) is 0 Å². The van der Waals surface area contributed by atoms with Gasteiger partial charge < -0.3 is 24.3 Å². The van der Waals surface area contributed by atoms with E-state index in [0.717, 1.165) is 29.8 Å². The van der Waals surface area contributed by atoms with Crippen molar-refractivity contribution in [1.29, 1.82) is 0 Å². The topological polar surface area (TPSA) is 138 Å². The smallest absolute Gasteiger partial charge is 0.341 e. The first-order chi connectivity index (χ1) is 21.8. The molecule has 1 saturated heterocycles. The third-order valence-electron chi connectivity index (χ3n) is 8.59. The molecule has 0 bridgehead atoms. The molecule has 0 spiro atoms. The number of amides is 1. The van der Waals surface area contributed by atoms with Gasteiger partial charge in [-0.05, 0) is 31.0 Å². The predicted octanol–water partition coefficient (Wildman–Crippen LogP) is 2.48. The molecule has 2 fully saturated rings. The zero-order valence-electron chi connectivity index (χ0n) is 24.6. The Hall–Kier alpha value is -5.11. The van der Waals surface area contributed by atoms with Crippen LogP contribution in [0.5, 0.6) is 0 Å². The molecule has 2 aliphatic heterocycles. The number of carbonyl (C=O) groups excluding carboxylic acids is 1. The Kier molecular flexibility index (Phi) is 7.28. The zero-order chi connectivity index (χ0) is 31.2. The average Bonchev–Trinajstić information content (AvgIpc) is 3.73. The largest absolute Gasteiger partial charge is 0.477 e. The molecule has 232 valence electrons. The van der Waals surface area contributed by atoms with Gasteiger partial charge in [0, 0.05) is 68.7 Å². The third-order valence-corrected chi connectivity index (χ3v) is 8.59. The summed E-state index contributed by atoms with van der Waals surface area (Å²) in [5.41, 5.74) is 2.53. The van der Waals surface area contributed by atoms with Gasteiger partial charge >= 0.3 is 5.97 Å². The summed E-state index contributed by atoms with van der Waals surface area (Å²) in [6.45, 7) is 3.88. The molecule has 1 aliphatic carbocycles. The Balaban J connectivity index is 0.995. The molecular weight excluding hydrogens is 583 g/mol. The molecule has 45 heavy (non-hydrogen) atoms. The van der Waals surface area contributed by atoms with Crippen molar-refractivity contribution >= 4 is 39.9 Å². The molecule has 1 amide bonds. The molecule has 3 aliphatic rings. The first kappa shape index (κ1) is 28.6. The number of fused-ring (bicyclic) bond motifs is 2. The van der Waals surface area contributed by atoms with E-state index in [4.69, 9.17) is 4.84 Å². The van der Waals surface area contributed by atoms with Gasteiger partial charge in [-0.15, -0.1) is 5.10 Å². The standard InChI is InChI=1S/C31H31FN8O5/c1-45-34-28-21-4-2-3-5-25(21)39(30(28)42)13-12-38-17-19(33-35-38)16-36-8-10-37(11-9-36)27-15-26-22(14-24(27)32)29(41)23(31(43)44)18-40(26)20-6-7-20/h2-5,14-15,17-18,20H,6-13,16H2,1H3,(H,43,44)/b34-28+. The Bertz CT molecular complexity index is 1910. The maximum absolute atomic E-state index is 15.4. The number of anilines is 2. The zero-order valence-corrected chi connectivity index (χ0v) is 24.6. The molecule has 14 heteroatoms. The quantitative estimate of drug-likeness (QED) is 0.282. The number of carboxylic acids is 1. The van der Waals surface area contributed by atoms with Crippen molar-refractivity contribution < 1.29 is 23.9 Å². The molecule has 7 rings (SSSR count). The van der Waals surface area contributed by atoms with Gasteiger partial charge in [0.05, 0.1) is 29.1 Å². The molecule has 13 nitrogen and oxygen atoms in total.